The highest BCUT2D eigenvalue weighted by Gasteiger charge is 2.50. The monoisotopic (exact) mass is 1810 g/mol. The lowest BCUT2D eigenvalue weighted by molar-refractivity contribution is 0.301. The second-order valence-electron chi connectivity index (χ2n) is 43.0. The van der Waals surface area contributed by atoms with E-state index in [0.29, 0.717) is 0 Å². The van der Waals surface area contributed by atoms with Crippen LogP contribution in [0.2, 0.25) is 0 Å². The van der Waals surface area contributed by atoms with Gasteiger partial charge in [-0.15, -0.1) is 11.3 Å². The lowest BCUT2D eigenvalue weighted by atomic mass is 9.54. The summed E-state index contributed by atoms with van der Waals surface area (Å²) in [4.78, 5) is 4.83. The van der Waals surface area contributed by atoms with Crippen molar-refractivity contribution >= 4 is 152 Å². The molecule has 23 aromatic rings. The minimum absolute atomic E-state index is 0.00883. The lowest BCUT2D eigenvalue weighted by Crippen LogP contribution is -2.43. The first-order valence-corrected chi connectivity index (χ1v) is 50.3. The number of thiophene rings is 1. The first-order valence-electron chi connectivity index (χ1n) is 49.5. The Labute approximate surface area is 819 Å². The van der Waals surface area contributed by atoms with Crippen molar-refractivity contribution in [3.63, 3.8) is 0 Å². The summed E-state index contributed by atoms with van der Waals surface area (Å²) in [6.45, 7) is 33.9. The number of hydrogen-bond donors (Lipinski definition) is 0. The highest BCUT2D eigenvalue weighted by molar-refractivity contribution is 7.25. The van der Waals surface area contributed by atoms with Crippen LogP contribution in [0.1, 0.15) is 141 Å². The van der Waals surface area contributed by atoms with E-state index in [1.54, 1.807) is 0 Å². The predicted molar refractivity (Wildman–Crippen MR) is 598 cm³/mol. The Morgan fingerprint density at radius 2 is 0.518 bits per heavy atom. The zero-order chi connectivity index (χ0) is 94.7. The third-order valence-corrected chi connectivity index (χ3v) is 35.4. The minimum atomic E-state index is -0.0754. The van der Waals surface area contributed by atoms with E-state index in [2.05, 4.69) is 530 Å². The molecule has 0 spiro atoms. The van der Waals surface area contributed by atoms with Crippen LogP contribution in [0, 0.1) is 0 Å². The maximum absolute atomic E-state index is 2.44. The fourth-order valence-corrected chi connectivity index (χ4v) is 26.1. The SMILES string of the molecule is CC1(C)c2ccccc2-c2ccc(N(c3ccccc3)c3ccc4c(ccc5ccc6c(c54)C(C)(C)C(C)(C)c4ccccc4-6)c3)cc21.CC1(C)c2ccccc2-c2ccc3ccc4cc(-c5ccc(-n6c7ccccc7c7ccccc76)cc5)ccc4c3c2C1(C)C.CC1(C)c2ccccc2-c2ccc3ccc4cc(N(c5ccccc5)c5ccc6sc7ccccc7c6c5)ccc4c3c2C1(C)C. The minimum Gasteiger partial charge on any atom is -0.310 e. The quantitative estimate of drug-likeness (QED) is 0.141. The highest BCUT2D eigenvalue weighted by Crippen LogP contribution is 2.62. The number of aromatic nitrogens is 1. The topological polar surface area (TPSA) is 11.4 Å². The molecule has 2 heterocycles. The second kappa shape index (κ2) is 31.4. The zero-order valence-corrected chi connectivity index (χ0v) is 82.4. The van der Waals surface area contributed by atoms with Crippen LogP contribution in [0.4, 0.5) is 34.1 Å². The Bertz CT molecular complexity index is 8990. The summed E-state index contributed by atoms with van der Waals surface area (Å²) in [5.74, 6) is 0. The van der Waals surface area contributed by atoms with Crippen molar-refractivity contribution in [2.45, 2.75) is 135 Å². The number of fused-ring (bicyclic) bond motifs is 30. The molecule has 0 aliphatic heterocycles. The van der Waals surface area contributed by atoms with Crippen molar-refractivity contribution < 1.29 is 0 Å². The fourth-order valence-electron chi connectivity index (χ4n) is 25.0. The third kappa shape index (κ3) is 12.8. The van der Waals surface area contributed by atoms with Gasteiger partial charge in [0.25, 0.3) is 0 Å². The molecule has 0 radical (unpaired) electrons. The number of anilines is 6. The van der Waals surface area contributed by atoms with Crippen molar-refractivity contribution in [1.82, 2.24) is 4.57 Å². The van der Waals surface area contributed by atoms with Gasteiger partial charge in [0.1, 0.15) is 0 Å². The molecular weight excluding hydrogens is 1700 g/mol. The lowest BCUT2D eigenvalue weighted by Gasteiger charge is -2.49. The van der Waals surface area contributed by atoms with Crippen molar-refractivity contribution in [1.29, 1.82) is 0 Å². The van der Waals surface area contributed by atoms with E-state index >= 15 is 0 Å². The number of nitrogens with zero attached hydrogens (tertiary/aromatic N) is 3. The zero-order valence-electron chi connectivity index (χ0n) is 81.6. The van der Waals surface area contributed by atoms with E-state index in [4.69, 9.17) is 0 Å². The first kappa shape index (κ1) is 85.5. The normalized spacial score (nSPS) is 15.4. The van der Waals surface area contributed by atoms with Crippen LogP contribution in [0.15, 0.2) is 419 Å². The average molecular weight is 1810 g/mol. The Morgan fingerprint density at radius 1 is 0.194 bits per heavy atom. The van der Waals surface area contributed by atoms with Gasteiger partial charge in [0.2, 0.25) is 0 Å². The van der Waals surface area contributed by atoms with Gasteiger partial charge in [0.15, 0.2) is 0 Å². The summed E-state index contributed by atoms with van der Waals surface area (Å²) in [5, 5.41) is 21.0. The van der Waals surface area contributed by atoms with Crippen molar-refractivity contribution in [2.24, 2.45) is 0 Å². The molecule has 4 heteroatoms. The molecule has 0 saturated carbocycles. The summed E-state index contributed by atoms with van der Waals surface area (Å²) in [6, 6.07) is 156. The Hall–Kier alpha value is -15.2. The van der Waals surface area contributed by atoms with Crippen LogP contribution in [0.25, 0.3) is 168 Å². The van der Waals surface area contributed by atoms with Crippen LogP contribution >= 0.6 is 11.3 Å². The highest BCUT2D eigenvalue weighted by atomic mass is 32.1. The van der Waals surface area contributed by atoms with Crippen LogP contribution in [0.5, 0.6) is 0 Å². The molecule has 0 N–H and O–H groups in total. The maximum atomic E-state index is 2.44. The molecule has 0 amide bonds. The van der Waals surface area contributed by atoms with E-state index in [9.17, 15) is 0 Å². The van der Waals surface area contributed by atoms with Gasteiger partial charge >= 0.3 is 0 Å². The summed E-state index contributed by atoms with van der Waals surface area (Å²) < 4.78 is 5.03. The van der Waals surface area contributed by atoms with Gasteiger partial charge in [-0.1, -0.05) is 400 Å². The van der Waals surface area contributed by atoms with Gasteiger partial charge in [-0.2, -0.15) is 0 Å². The molecular formula is C135H111N3S. The molecule has 139 heavy (non-hydrogen) atoms. The number of hydrogen-bond acceptors (Lipinski definition) is 3. The van der Waals surface area contributed by atoms with Crippen LogP contribution in [0.3, 0.4) is 0 Å². The van der Waals surface area contributed by atoms with E-state index in [1.165, 1.54) is 224 Å². The van der Waals surface area contributed by atoms with E-state index in [0.717, 1.165) is 22.7 Å². The molecule has 3 nitrogen and oxygen atoms in total. The Balaban J connectivity index is 0.000000110. The van der Waals surface area contributed by atoms with Gasteiger partial charge in [-0.05, 0) is 296 Å². The summed E-state index contributed by atoms with van der Waals surface area (Å²) in [5.41, 5.74) is 35.2. The Kier molecular flexibility index (Phi) is 19.3. The molecule has 4 aliphatic rings. The summed E-state index contributed by atoms with van der Waals surface area (Å²) in [6.07, 6.45) is 0. The number of rotatable bonds is 8. The van der Waals surface area contributed by atoms with Gasteiger partial charge in [0, 0.05) is 92.4 Å². The summed E-state index contributed by atoms with van der Waals surface area (Å²) in [7, 11) is 0. The largest absolute Gasteiger partial charge is 0.310 e. The molecule has 0 atom stereocenters. The van der Waals surface area contributed by atoms with Crippen molar-refractivity contribution in [3.8, 4) is 61.3 Å². The Morgan fingerprint density at radius 3 is 0.986 bits per heavy atom. The molecule has 672 valence electrons. The van der Waals surface area contributed by atoms with E-state index < -0.39 is 0 Å². The molecule has 4 aliphatic carbocycles. The second-order valence-corrected chi connectivity index (χ2v) is 44.1. The molecule has 0 saturated heterocycles. The maximum Gasteiger partial charge on any atom is 0.0541 e. The predicted octanol–water partition coefficient (Wildman–Crippen LogP) is 38.1. The molecule has 0 bridgehead atoms. The summed E-state index contributed by atoms with van der Waals surface area (Å²) >= 11 is 1.86. The number of benzene rings is 21. The van der Waals surface area contributed by atoms with Crippen LogP contribution in [-0.4, -0.2) is 4.57 Å². The molecule has 21 aromatic carbocycles. The first-order chi connectivity index (χ1) is 67.3. The standard InChI is InChI=1S/C47H41N.C44H35NS.C44H35N/c1-45(2)40-18-12-10-16-36(40)38-27-24-34(29-42(38)45)48(32-14-8-7-9-15-32)33-23-26-35-31(28-33)21-20-30-22-25-39-37-17-11-13-19-41(37)46(3,4)47(5,6)44(39)43(30)35;1-43(2)38-16-10-8-14-34(38)36-23-20-28-18-19-29-26-31(21-24-33(29)41(28)42(36)44(43,3)4)45(30-12-6-5-7-13-30)32-22-25-40-37(27-32)35-15-9-11-17-39(35)46-40;1-43(2)38-14-8-5-11-34(38)37-26-21-29-17-18-31-27-30(22-25-33(31)41(29)42(37)44(43,3)4)28-19-23-32(24-20-28)45-39-15-9-6-12-35(39)36-13-7-10-16-40(36)45/h7-29H,1-6H3;5-27H,1-4H3;5-27H,1-4H3. The van der Waals surface area contributed by atoms with Gasteiger partial charge < -0.3 is 14.4 Å². The van der Waals surface area contributed by atoms with Crippen LogP contribution < -0.4 is 9.80 Å². The van der Waals surface area contributed by atoms with E-state index in [1.807, 2.05) is 11.3 Å². The third-order valence-electron chi connectivity index (χ3n) is 34.2. The average Bonchev–Trinajstić information content (AvgIpc) is 1.28. The molecule has 0 fully saturated rings. The molecule has 2 aromatic heterocycles. The van der Waals surface area contributed by atoms with E-state index in [-0.39, 0.29) is 37.9 Å². The van der Waals surface area contributed by atoms with Crippen molar-refractivity contribution in [2.75, 3.05) is 9.80 Å². The number of para-hydroxylation sites is 4. The van der Waals surface area contributed by atoms with Gasteiger partial charge in [-0.25, -0.2) is 0 Å². The fraction of sp³-hybridized carbons (Fsp3) is 0.156. The van der Waals surface area contributed by atoms with Gasteiger partial charge in [-0.3, -0.25) is 0 Å². The molecule has 0 unspecified atom stereocenters. The molecule has 27 rings (SSSR count). The smallest absolute Gasteiger partial charge is 0.0541 e. The van der Waals surface area contributed by atoms with Crippen molar-refractivity contribution in [3.05, 3.63) is 463 Å². The van der Waals surface area contributed by atoms with Crippen LogP contribution in [-0.2, 0) is 37.9 Å². The van der Waals surface area contributed by atoms with Gasteiger partial charge in [0.05, 0.1) is 11.0 Å².